The fourth-order valence-electron chi connectivity index (χ4n) is 3.52. The average Bonchev–Trinajstić information content (AvgIpc) is 3.30. The van der Waals surface area contributed by atoms with Crippen LogP contribution in [0, 0.1) is 47.6 Å². The van der Waals surface area contributed by atoms with E-state index in [0.717, 1.165) is 0 Å². The van der Waals surface area contributed by atoms with Crippen molar-refractivity contribution in [2.45, 2.75) is 41.5 Å². The van der Waals surface area contributed by atoms with Crippen LogP contribution in [0.15, 0.2) is 89.6 Å². The summed E-state index contributed by atoms with van der Waals surface area (Å²) in [5.41, 5.74) is 10.3. The molecule has 0 amide bonds. The van der Waals surface area contributed by atoms with Crippen LogP contribution in [-0.4, -0.2) is 23.1 Å². The normalized spacial score (nSPS) is 9.89. The Morgan fingerprint density at radius 3 is 1.14 bits per heavy atom. The quantitative estimate of drug-likeness (QED) is 0.162. The number of benzene rings is 3. The molecule has 178 valence electrons. The molecule has 0 aliphatic heterocycles. The number of thiophene rings is 1. The first kappa shape index (κ1) is 33.1. The first-order valence-electron chi connectivity index (χ1n) is 11.2. The fourth-order valence-corrected chi connectivity index (χ4v) is 3.97. The minimum absolute atomic E-state index is 0. The Balaban J connectivity index is 0.000000633. The number of halogens is 1. The Labute approximate surface area is 243 Å². The molecule has 4 aromatic rings. The molecule has 3 aromatic carbocycles. The third-order valence-electron chi connectivity index (χ3n) is 4.68. The number of allylic oxidation sites excluding steroid dienone is 2. The van der Waals surface area contributed by atoms with Gasteiger partial charge in [0.15, 0.2) is 0 Å². The van der Waals surface area contributed by atoms with Crippen molar-refractivity contribution in [1.82, 2.24) is 0 Å². The van der Waals surface area contributed by atoms with E-state index in [2.05, 4.69) is 114 Å². The van der Waals surface area contributed by atoms with Crippen molar-refractivity contribution in [3.63, 3.8) is 0 Å². The van der Waals surface area contributed by atoms with Crippen molar-refractivity contribution in [3.8, 4) is 0 Å². The molecular formula is C32H35BrMgS. The second kappa shape index (κ2) is 18.4. The van der Waals surface area contributed by atoms with Crippen molar-refractivity contribution in [2.75, 3.05) is 0 Å². The predicted molar refractivity (Wildman–Crippen MR) is 155 cm³/mol. The van der Waals surface area contributed by atoms with Crippen LogP contribution >= 0.6 is 11.3 Å². The summed E-state index contributed by atoms with van der Waals surface area (Å²) >= 11 is 1.71. The molecule has 0 N–H and O–H groups in total. The van der Waals surface area contributed by atoms with Crippen LogP contribution in [0.25, 0.3) is 12.2 Å². The van der Waals surface area contributed by atoms with E-state index in [-0.39, 0.29) is 40.0 Å². The Hall–Kier alpha value is -1.91. The standard InChI is InChI=1S/C20H22.C8H9.C4H4S.BrH.Mg/c1-15-9-16(2)12-19(11-15)7-5-6-8-20-13-17(3)10-18(4)14-20;1-7-4-3-5-8(2)6-7;1-2-4-5-3-1;;/h5-14H,1-4H3;4-6H,1-2H3;1-4H;1H;/q;-1;;;+2/p-1/b7-5+,8-6+;;;;. The summed E-state index contributed by atoms with van der Waals surface area (Å²) in [6.07, 6.45) is 8.51. The van der Waals surface area contributed by atoms with E-state index >= 15 is 0 Å². The molecule has 3 heteroatoms. The topological polar surface area (TPSA) is 0 Å². The third kappa shape index (κ3) is 14.9. The molecule has 35 heavy (non-hydrogen) atoms. The second-order valence-corrected chi connectivity index (χ2v) is 9.26. The van der Waals surface area contributed by atoms with Gasteiger partial charge in [0.1, 0.15) is 0 Å². The first-order chi connectivity index (χ1) is 15.8. The summed E-state index contributed by atoms with van der Waals surface area (Å²) in [6.45, 7) is 12.7. The first-order valence-corrected chi connectivity index (χ1v) is 12.2. The van der Waals surface area contributed by atoms with E-state index < -0.39 is 0 Å². The Kier molecular flexibility index (Phi) is 17.4. The molecule has 0 spiro atoms. The number of hydrogen-bond acceptors (Lipinski definition) is 1. The largest absolute Gasteiger partial charge is 2.00 e. The molecule has 0 aliphatic carbocycles. The van der Waals surface area contributed by atoms with Gasteiger partial charge in [-0.15, -0.1) is 0 Å². The van der Waals surface area contributed by atoms with Gasteiger partial charge < -0.3 is 17.0 Å². The number of rotatable bonds is 3. The molecular weight excluding hydrogens is 521 g/mol. The van der Waals surface area contributed by atoms with Crippen LogP contribution < -0.4 is 17.0 Å². The molecule has 0 radical (unpaired) electrons. The van der Waals surface area contributed by atoms with E-state index in [1.807, 2.05) is 35.0 Å². The molecule has 4 rings (SSSR count). The zero-order valence-electron chi connectivity index (χ0n) is 21.8. The van der Waals surface area contributed by atoms with Crippen molar-refractivity contribution < 1.29 is 17.0 Å². The zero-order chi connectivity index (χ0) is 24.1. The van der Waals surface area contributed by atoms with Gasteiger partial charge in [-0.1, -0.05) is 109 Å². The smallest absolute Gasteiger partial charge is 1.00 e. The average molecular weight is 556 g/mol. The molecule has 1 aromatic heterocycles. The van der Waals surface area contributed by atoms with Gasteiger partial charge in [0.2, 0.25) is 0 Å². The maximum atomic E-state index is 3.03. The van der Waals surface area contributed by atoms with Gasteiger partial charge in [0.05, 0.1) is 0 Å². The van der Waals surface area contributed by atoms with E-state index in [1.54, 1.807) is 11.3 Å². The number of hydrogen-bond donors (Lipinski definition) is 0. The van der Waals surface area contributed by atoms with Crippen LogP contribution in [0.5, 0.6) is 0 Å². The Morgan fingerprint density at radius 2 is 0.886 bits per heavy atom. The molecule has 0 atom stereocenters. The molecule has 0 nitrogen and oxygen atoms in total. The fraction of sp³-hybridized carbons (Fsp3) is 0.188. The molecule has 0 saturated carbocycles. The Bertz CT molecular complexity index is 1040. The summed E-state index contributed by atoms with van der Waals surface area (Å²) in [4.78, 5) is 0. The van der Waals surface area contributed by atoms with E-state index in [1.165, 1.54) is 44.5 Å². The van der Waals surface area contributed by atoms with Crippen molar-refractivity contribution >= 4 is 46.5 Å². The summed E-state index contributed by atoms with van der Waals surface area (Å²) < 4.78 is 0. The van der Waals surface area contributed by atoms with Gasteiger partial charge in [-0.25, -0.2) is 0 Å². The summed E-state index contributed by atoms with van der Waals surface area (Å²) in [5, 5.41) is 4.08. The van der Waals surface area contributed by atoms with Gasteiger partial charge >= 0.3 is 23.1 Å². The number of aryl methyl sites for hydroxylation is 6. The van der Waals surface area contributed by atoms with Gasteiger partial charge in [0, 0.05) is 0 Å². The van der Waals surface area contributed by atoms with Crippen LogP contribution in [0.4, 0.5) is 0 Å². The monoisotopic (exact) mass is 554 g/mol. The molecule has 1 heterocycles. The zero-order valence-corrected chi connectivity index (χ0v) is 25.6. The molecule has 0 unspecified atom stereocenters. The molecule has 0 fully saturated rings. The van der Waals surface area contributed by atoms with Crippen LogP contribution in [-0.2, 0) is 0 Å². The van der Waals surface area contributed by atoms with Crippen LogP contribution in [0.3, 0.4) is 0 Å². The van der Waals surface area contributed by atoms with E-state index in [0.29, 0.717) is 0 Å². The van der Waals surface area contributed by atoms with Crippen LogP contribution in [0.1, 0.15) is 44.5 Å². The predicted octanol–water partition coefficient (Wildman–Crippen LogP) is 6.12. The van der Waals surface area contributed by atoms with Crippen molar-refractivity contribution in [2.24, 2.45) is 0 Å². The van der Waals surface area contributed by atoms with Gasteiger partial charge in [0.25, 0.3) is 0 Å². The van der Waals surface area contributed by atoms with Crippen molar-refractivity contribution in [3.05, 3.63) is 140 Å². The van der Waals surface area contributed by atoms with Gasteiger partial charge in [-0.3, -0.25) is 0 Å². The maximum absolute atomic E-state index is 3.03. The minimum Gasteiger partial charge on any atom is -1.00 e. The minimum atomic E-state index is 0. The van der Waals surface area contributed by atoms with Crippen molar-refractivity contribution in [1.29, 1.82) is 0 Å². The van der Waals surface area contributed by atoms with Gasteiger partial charge in [-0.2, -0.15) is 46.7 Å². The van der Waals surface area contributed by atoms with Gasteiger partial charge in [-0.05, 0) is 49.6 Å². The maximum Gasteiger partial charge on any atom is 2.00 e. The van der Waals surface area contributed by atoms with Crippen LogP contribution in [0.2, 0.25) is 0 Å². The third-order valence-corrected chi connectivity index (χ3v) is 5.31. The van der Waals surface area contributed by atoms with E-state index in [4.69, 9.17) is 0 Å². The summed E-state index contributed by atoms with van der Waals surface area (Å²) in [5.74, 6) is 0. The molecule has 0 aliphatic rings. The molecule has 0 bridgehead atoms. The molecule has 0 saturated heterocycles. The summed E-state index contributed by atoms with van der Waals surface area (Å²) in [7, 11) is 0. The Morgan fingerprint density at radius 1 is 0.543 bits per heavy atom. The SMILES string of the molecule is Cc1c[c-]cc(C)c1.Cc1cc(C)cc(/C=C/C=C/c2cc(C)cc(C)c2)c1.[Br-].[Mg+2].c1ccsc1. The van der Waals surface area contributed by atoms with E-state index in [9.17, 15) is 0 Å². The summed E-state index contributed by atoms with van der Waals surface area (Å²) in [6, 6.07) is 26.4. The second-order valence-electron chi connectivity index (χ2n) is 8.44.